The number of nitrogens with zero attached hydrogens (tertiary/aromatic N) is 7. The van der Waals surface area contributed by atoms with E-state index in [-0.39, 0.29) is 6.54 Å². The highest BCUT2D eigenvalue weighted by Gasteiger charge is 2.64. The zero-order valence-electron chi connectivity index (χ0n) is 21.5. The number of aromatic amines is 1. The first kappa shape index (κ1) is 25.5. The second-order valence-corrected chi connectivity index (χ2v) is 9.01. The largest absolute Gasteiger partial charge is 0.452 e. The summed E-state index contributed by atoms with van der Waals surface area (Å²) < 4.78 is 9.43. The summed E-state index contributed by atoms with van der Waals surface area (Å²) in [5, 5.41) is 14.1. The standard InChI is InChI=1S/C25H24N8O6/c1-14-26-25(2)19(21(34)32(23(36)38-3)22(35)33(25)24(37)39-4)31(14)13-15-9-11-16(12-10-15)17-7-5-6-8-18(17)20-27-29-30-28-20/h5-12,19H,13H2,1-4H3,(H,27,28,29,30). The Labute approximate surface area is 222 Å². The fourth-order valence-corrected chi connectivity index (χ4v) is 5.00. The van der Waals surface area contributed by atoms with Crippen LogP contribution in [0.25, 0.3) is 22.5 Å². The summed E-state index contributed by atoms with van der Waals surface area (Å²) >= 11 is 0. The molecule has 0 aliphatic carbocycles. The quantitative estimate of drug-likeness (QED) is 0.528. The second kappa shape index (κ2) is 9.63. The molecule has 2 atom stereocenters. The van der Waals surface area contributed by atoms with E-state index in [0.29, 0.717) is 21.5 Å². The fraction of sp³-hybridized carbons (Fsp3) is 0.280. The van der Waals surface area contributed by atoms with Crippen molar-refractivity contribution in [2.75, 3.05) is 14.2 Å². The van der Waals surface area contributed by atoms with E-state index in [0.717, 1.165) is 36.5 Å². The van der Waals surface area contributed by atoms with Crippen molar-refractivity contribution < 1.29 is 28.7 Å². The molecule has 2 aromatic carbocycles. The third kappa shape index (κ3) is 4.05. The van der Waals surface area contributed by atoms with Gasteiger partial charge in [0.15, 0.2) is 17.5 Å². The number of benzene rings is 2. The van der Waals surface area contributed by atoms with Crippen LogP contribution in [-0.4, -0.2) is 91.2 Å². The molecule has 14 heteroatoms. The van der Waals surface area contributed by atoms with Crippen molar-refractivity contribution in [2.24, 2.45) is 4.99 Å². The van der Waals surface area contributed by atoms with Crippen molar-refractivity contribution in [1.82, 2.24) is 35.3 Å². The topological polar surface area (TPSA) is 163 Å². The Morgan fingerprint density at radius 2 is 1.67 bits per heavy atom. The van der Waals surface area contributed by atoms with Gasteiger partial charge in [0.05, 0.1) is 20.1 Å². The van der Waals surface area contributed by atoms with E-state index in [2.05, 4.69) is 30.4 Å². The number of amides is 5. The molecule has 0 saturated carbocycles. The van der Waals surface area contributed by atoms with Gasteiger partial charge in [-0.2, -0.15) is 9.80 Å². The molecular weight excluding hydrogens is 508 g/mol. The van der Waals surface area contributed by atoms with E-state index < -0.39 is 35.8 Å². The van der Waals surface area contributed by atoms with E-state index in [1.807, 2.05) is 48.5 Å². The lowest BCUT2D eigenvalue weighted by Gasteiger charge is -2.45. The third-order valence-corrected chi connectivity index (χ3v) is 6.78. The number of aliphatic imine (C=N–C) groups is 1. The molecule has 0 bridgehead atoms. The van der Waals surface area contributed by atoms with Crippen molar-refractivity contribution in [3.63, 3.8) is 0 Å². The van der Waals surface area contributed by atoms with Crippen molar-refractivity contribution in [2.45, 2.75) is 32.1 Å². The summed E-state index contributed by atoms with van der Waals surface area (Å²) in [6.07, 6.45) is -2.27. The lowest BCUT2D eigenvalue weighted by atomic mass is 9.95. The van der Waals surface area contributed by atoms with E-state index >= 15 is 0 Å². The van der Waals surface area contributed by atoms with E-state index in [4.69, 9.17) is 4.74 Å². The van der Waals surface area contributed by atoms with Crippen LogP contribution in [0.4, 0.5) is 14.4 Å². The van der Waals surface area contributed by atoms with Gasteiger partial charge in [-0.3, -0.25) is 4.79 Å². The number of carbonyl (C=O) groups is 4. The Bertz CT molecular complexity index is 1490. The van der Waals surface area contributed by atoms with Gasteiger partial charge in [-0.1, -0.05) is 48.5 Å². The van der Waals surface area contributed by atoms with E-state index in [1.165, 1.54) is 6.92 Å². The van der Waals surface area contributed by atoms with E-state index in [9.17, 15) is 19.2 Å². The maximum absolute atomic E-state index is 13.5. The van der Waals surface area contributed by atoms with Gasteiger partial charge in [-0.25, -0.2) is 24.5 Å². The summed E-state index contributed by atoms with van der Waals surface area (Å²) in [6.45, 7) is 3.34. The Hall–Kier alpha value is -5.14. The van der Waals surface area contributed by atoms with Gasteiger partial charge in [0.2, 0.25) is 0 Å². The Morgan fingerprint density at radius 1 is 1.00 bits per heavy atom. The molecule has 2 aliphatic rings. The number of H-pyrrole nitrogens is 1. The summed E-state index contributed by atoms with van der Waals surface area (Å²) in [6, 6.07) is 12.9. The highest BCUT2D eigenvalue weighted by Crippen LogP contribution is 2.39. The van der Waals surface area contributed by atoms with E-state index in [1.54, 1.807) is 11.8 Å². The minimum Gasteiger partial charge on any atom is -0.452 e. The van der Waals surface area contributed by atoms with Gasteiger partial charge in [0.25, 0.3) is 5.91 Å². The number of imide groups is 4. The normalized spacial score (nSPS) is 20.6. The molecule has 5 amide bonds. The molecule has 1 aromatic heterocycles. The lowest BCUT2D eigenvalue weighted by Crippen LogP contribution is -2.73. The molecule has 1 fully saturated rings. The number of aromatic nitrogens is 4. The summed E-state index contributed by atoms with van der Waals surface area (Å²) in [4.78, 5) is 58.7. The molecule has 1 N–H and O–H groups in total. The van der Waals surface area contributed by atoms with Gasteiger partial charge in [-0.15, -0.1) is 5.10 Å². The Kier molecular flexibility index (Phi) is 6.30. The number of nitrogens with one attached hydrogen (secondary N) is 1. The molecule has 39 heavy (non-hydrogen) atoms. The maximum Gasteiger partial charge on any atom is 0.424 e. The molecule has 5 rings (SSSR count). The highest BCUT2D eigenvalue weighted by atomic mass is 16.6. The second-order valence-electron chi connectivity index (χ2n) is 9.01. The van der Waals surface area contributed by atoms with Crippen LogP contribution in [0.2, 0.25) is 0 Å². The van der Waals surface area contributed by atoms with Crippen LogP contribution in [0.5, 0.6) is 0 Å². The number of rotatable bonds is 4. The molecular formula is C25H24N8O6. The predicted octanol–water partition coefficient (Wildman–Crippen LogP) is 2.65. The molecule has 2 aliphatic heterocycles. The van der Waals surface area contributed by atoms with Crippen LogP contribution in [-0.2, 0) is 20.8 Å². The molecule has 3 aromatic rings. The number of urea groups is 1. The SMILES string of the molecule is COC(=O)N1C(=O)C2N(Cc3ccc(-c4ccccc4-c4nnn[nH]4)cc3)C(C)=NC2(C)N(C(=O)OC)C1=O. The molecule has 3 heterocycles. The van der Waals surface area contributed by atoms with Crippen LogP contribution in [0.1, 0.15) is 19.4 Å². The monoisotopic (exact) mass is 532 g/mol. The maximum atomic E-state index is 13.5. The lowest BCUT2D eigenvalue weighted by molar-refractivity contribution is -0.138. The summed E-state index contributed by atoms with van der Waals surface area (Å²) in [5.74, 6) is 0.0753. The van der Waals surface area contributed by atoms with Crippen LogP contribution < -0.4 is 0 Å². The third-order valence-electron chi connectivity index (χ3n) is 6.78. The van der Waals surface area contributed by atoms with Gasteiger partial charge in [0, 0.05) is 12.1 Å². The number of fused-ring (bicyclic) bond motifs is 1. The van der Waals surface area contributed by atoms with Crippen LogP contribution in [0, 0.1) is 0 Å². The zero-order valence-corrected chi connectivity index (χ0v) is 21.5. The average Bonchev–Trinajstić information content (AvgIpc) is 3.55. The molecule has 1 saturated heterocycles. The number of hydrogen-bond acceptors (Lipinski definition) is 11. The van der Waals surface area contributed by atoms with Gasteiger partial charge < -0.3 is 14.4 Å². The van der Waals surface area contributed by atoms with Gasteiger partial charge in [-0.05, 0) is 41.0 Å². The number of ether oxygens (including phenoxy) is 2. The molecule has 200 valence electrons. The van der Waals surface area contributed by atoms with Crippen molar-refractivity contribution in [1.29, 1.82) is 0 Å². The van der Waals surface area contributed by atoms with Crippen LogP contribution in [0.15, 0.2) is 53.5 Å². The molecule has 0 spiro atoms. The van der Waals surface area contributed by atoms with Gasteiger partial charge in [0.1, 0.15) is 0 Å². The number of amidine groups is 1. The van der Waals surface area contributed by atoms with Gasteiger partial charge >= 0.3 is 18.2 Å². The predicted molar refractivity (Wildman–Crippen MR) is 135 cm³/mol. The van der Waals surface area contributed by atoms with Crippen molar-refractivity contribution in [3.8, 4) is 22.5 Å². The summed E-state index contributed by atoms with van der Waals surface area (Å²) in [5.41, 5.74) is 1.83. The minimum atomic E-state index is -1.64. The first-order valence-electron chi connectivity index (χ1n) is 11.8. The van der Waals surface area contributed by atoms with Crippen molar-refractivity contribution >= 4 is 30.0 Å². The first-order valence-corrected chi connectivity index (χ1v) is 11.8. The highest BCUT2D eigenvalue weighted by molar-refractivity contribution is 6.17. The molecule has 14 nitrogen and oxygen atoms in total. The summed E-state index contributed by atoms with van der Waals surface area (Å²) in [7, 11) is 2.13. The Morgan fingerprint density at radius 3 is 2.28 bits per heavy atom. The Balaban J connectivity index is 1.47. The number of methoxy groups -OCH3 is 2. The van der Waals surface area contributed by atoms with Crippen molar-refractivity contribution in [3.05, 3.63) is 54.1 Å². The number of tetrazole rings is 1. The first-order chi connectivity index (χ1) is 18.7. The minimum absolute atomic E-state index is 0.202. The number of hydrogen-bond donors (Lipinski definition) is 1. The average molecular weight is 533 g/mol. The zero-order chi connectivity index (χ0) is 27.9. The van der Waals surface area contributed by atoms with Crippen LogP contribution in [0.3, 0.4) is 0 Å². The molecule has 0 radical (unpaired) electrons. The fourth-order valence-electron chi connectivity index (χ4n) is 5.00. The number of carbonyl (C=O) groups excluding carboxylic acids is 4. The molecule has 2 unspecified atom stereocenters. The smallest absolute Gasteiger partial charge is 0.424 e. The van der Waals surface area contributed by atoms with Crippen LogP contribution >= 0.6 is 0 Å².